The minimum atomic E-state index is 0.894. The van der Waals surface area contributed by atoms with Gasteiger partial charge >= 0.3 is 0 Å². The highest BCUT2D eigenvalue weighted by Crippen LogP contribution is 2.35. The zero-order valence-electron chi connectivity index (χ0n) is 10.5. The average Bonchev–Trinajstić information content (AvgIpc) is 2.29. The lowest BCUT2D eigenvalue weighted by Gasteiger charge is -2.45. The van der Waals surface area contributed by atoms with Gasteiger partial charge in [-0.1, -0.05) is 33.1 Å². The molecule has 1 saturated carbocycles. The Kier molecular flexibility index (Phi) is 4.07. The molecular formula is C14H27N. The van der Waals surface area contributed by atoms with E-state index < -0.39 is 0 Å². The predicted octanol–water partition coefficient (Wildman–Crippen LogP) is 3.69. The molecule has 0 aromatic heterocycles. The molecule has 1 nitrogen and oxygen atoms in total. The van der Waals surface area contributed by atoms with Crippen LogP contribution in [-0.2, 0) is 0 Å². The number of rotatable bonds is 3. The van der Waals surface area contributed by atoms with Crippen LogP contribution in [0.1, 0.15) is 58.8 Å². The number of likely N-dealkylation sites (tertiary alicyclic amines) is 1. The molecule has 2 aliphatic rings. The van der Waals surface area contributed by atoms with Crippen molar-refractivity contribution < 1.29 is 0 Å². The van der Waals surface area contributed by atoms with Crippen molar-refractivity contribution in [2.45, 2.75) is 64.8 Å². The van der Waals surface area contributed by atoms with Crippen LogP contribution < -0.4 is 0 Å². The number of piperidine rings is 1. The second-order valence-electron chi connectivity index (χ2n) is 5.76. The molecule has 1 heteroatoms. The zero-order chi connectivity index (χ0) is 10.7. The van der Waals surface area contributed by atoms with Gasteiger partial charge < -0.3 is 0 Å². The molecule has 1 aliphatic heterocycles. The van der Waals surface area contributed by atoms with Crippen LogP contribution in [0.25, 0.3) is 0 Å². The third kappa shape index (κ3) is 2.75. The smallest absolute Gasteiger partial charge is 0.0124 e. The molecule has 0 N–H and O–H groups in total. The summed E-state index contributed by atoms with van der Waals surface area (Å²) in [4.78, 5) is 2.82. The van der Waals surface area contributed by atoms with E-state index in [2.05, 4.69) is 18.7 Å². The zero-order valence-corrected chi connectivity index (χ0v) is 10.5. The van der Waals surface area contributed by atoms with Gasteiger partial charge in [-0.2, -0.15) is 0 Å². The summed E-state index contributed by atoms with van der Waals surface area (Å²) in [5, 5.41) is 0. The Morgan fingerprint density at radius 1 is 1.13 bits per heavy atom. The molecular weight excluding hydrogens is 182 g/mol. The minimum Gasteiger partial charge on any atom is -0.300 e. The van der Waals surface area contributed by atoms with E-state index in [-0.39, 0.29) is 0 Å². The first-order valence-corrected chi connectivity index (χ1v) is 7.05. The fraction of sp³-hybridized carbons (Fsp3) is 1.00. The normalized spacial score (nSPS) is 34.8. The van der Waals surface area contributed by atoms with E-state index in [4.69, 9.17) is 0 Å². The maximum Gasteiger partial charge on any atom is 0.0124 e. The van der Waals surface area contributed by atoms with Gasteiger partial charge in [0.05, 0.1) is 0 Å². The second-order valence-corrected chi connectivity index (χ2v) is 5.76. The summed E-state index contributed by atoms with van der Waals surface area (Å²) < 4.78 is 0. The van der Waals surface area contributed by atoms with Gasteiger partial charge in [0.25, 0.3) is 0 Å². The lowest BCUT2D eigenvalue weighted by atomic mass is 9.78. The van der Waals surface area contributed by atoms with E-state index in [1.165, 1.54) is 58.0 Å². The second kappa shape index (κ2) is 5.34. The van der Waals surface area contributed by atoms with E-state index >= 15 is 0 Å². The van der Waals surface area contributed by atoms with Gasteiger partial charge in [0, 0.05) is 12.6 Å². The van der Waals surface area contributed by atoms with Crippen LogP contribution in [0.4, 0.5) is 0 Å². The van der Waals surface area contributed by atoms with Gasteiger partial charge in [0.15, 0.2) is 0 Å². The molecule has 88 valence electrons. The quantitative estimate of drug-likeness (QED) is 0.685. The molecule has 2 rings (SSSR count). The summed E-state index contributed by atoms with van der Waals surface area (Å²) in [6.45, 7) is 7.47. The average molecular weight is 209 g/mol. The van der Waals surface area contributed by atoms with Gasteiger partial charge in [-0.15, -0.1) is 0 Å². The number of hydrogen-bond donors (Lipinski definition) is 0. The molecule has 0 amide bonds. The highest BCUT2D eigenvalue weighted by Gasteiger charge is 2.33. The lowest BCUT2D eigenvalue weighted by molar-refractivity contribution is 0.0496. The molecule has 1 aliphatic carbocycles. The molecule has 0 aromatic rings. The van der Waals surface area contributed by atoms with Gasteiger partial charge in [0.2, 0.25) is 0 Å². The monoisotopic (exact) mass is 209 g/mol. The van der Waals surface area contributed by atoms with Crippen molar-refractivity contribution in [1.82, 2.24) is 4.90 Å². The molecule has 3 atom stereocenters. The van der Waals surface area contributed by atoms with Crippen LogP contribution in [0, 0.1) is 11.8 Å². The lowest BCUT2D eigenvalue weighted by Crippen LogP contribution is -2.48. The Morgan fingerprint density at radius 2 is 1.87 bits per heavy atom. The third-order valence-electron chi connectivity index (χ3n) is 4.60. The van der Waals surface area contributed by atoms with Gasteiger partial charge in [-0.3, -0.25) is 4.90 Å². The molecule has 1 heterocycles. The summed E-state index contributed by atoms with van der Waals surface area (Å²) >= 11 is 0. The first-order chi connectivity index (χ1) is 7.31. The summed E-state index contributed by atoms with van der Waals surface area (Å²) in [7, 11) is 0. The summed E-state index contributed by atoms with van der Waals surface area (Å²) in [6.07, 6.45) is 10.3. The molecule has 2 fully saturated rings. The van der Waals surface area contributed by atoms with Crippen LogP contribution in [-0.4, -0.2) is 24.0 Å². The van der Waals surface area contributed by atoms with Crippen molar-refractivity contribution in [3.05, 3.63) is 0 Å². The molecule has 0 spiro atoms. The molecule has 15 heavy (non-hydrogen) atoms. The fourth-order valence-electron chi connectivity index (χ4n) is 3.48. The molecule has 0 aromatic carbocycles. The Bertz CT molecular complexity index is 188. The minimum absolute atomic E-state index is 0.894. The van der Waals surface area contributed by atoms with Crippen molar-refractivity contribution in [2.24, 2.45) is 11.8 Å². The van der Waals surface area contributed by atoms with Crippen LogP contribution in [0.15, 0.2) is 0 Å². The Hall–Kier alpha value is -0.0400. The van der Waals surface area contributed by atoms with E-state index in [1.54, 1.807) is 0 Å². The van der Waals surface area contributed by atoms with Crippen LogP contribution in [0.2, 0.25) is 0 Å². The fourth-order valence-corrected chi connectivity index (χ4v) is 3.48. The number of nitrogens with zero attached hydrogens (tertiary/aromatic N) is 1. The van der Waals surface area contributed by atoms with Gasteiger partial charge in [-0.25, -0.2) is 0 Å². The Morgan fingerprint density at radius 3 is 2.67 bits per heavy atom. The van der Waals surface area contributed by atoms with Crippen molar-refractivity contribution in [3.8, 4) is 0 Å². The molecule has 0 bridgehead atoms. The molecule has 0 radical (unpaired) electrons. The van der Waals surface area contributed by atoms with E-state index in [9.17, 15) is 0 Å². The summed E-state index contributed by atoms with van der Waals surface area (Å²) in [6, 6.07) is 0.960. The maximum atomic E-state index is 2.82. The highest BCUT2D eigenvalue weighted by atomic mass is 15.2. The molecule has 2 unspecified atom stereocenters. The van der Waals surface area contributed by atoms with Crippen LogP contribution >= 0.6 is 0 Å². The number of hydrogen-bond acceptors (Lipinski definition) is 1. The predicted molar refractivity (Wildman–Crippen MR) is 66.0 cm³/mol. The topological polar surface area (TPSA) is 3.24 Å². The van der Waals surface area contributed by atoms with Crippen molar-refractivity contribution >= 4 is 0 Å². The number of fused-ring (bicyclic) bond motifs is 1. The Balaban J connectivity index is 1.91. The third-order valence-corrected chi connectivity index (χ3v) is 4.60. The van der Waals surface area contributed by atoms with Crippen LogP contribution in [0.5, 0.6) is 0 Å². The Labute approximate surface area is 95.2 Å². The van der Waals surface area contributed by atoms with Crippen molar-refractivity contribution in [2.75, 3.05) is 13.1 Å². The summed E-state index contributed by atoms with van der Waals surface area (Å²) in [5.74, 6) is 1.95. The van der Waals surface area contributed by atoms with Gasteiger partial charge in [0.1, 0.15) is 0 Å². The first kappa shape index (κ1) is 11.4. The SMILES string of the molecule is CCC(C)CN1CCCC2CCCC[C@@H]21. The van der Waals surface area contributed by atoms with Crippen molar-refractivity contribution in [3.63, 3.8) is 0 Å². The van der Waals surface area contributed by atoms with Crippen molar-refractivity contribution in [1.29, 1.82) is 0 Å². The first-order valence-electron chi connectivity index (χ1n) is 7.05. The van der Waals surface area contributed by atoms with E-state index in [0.29, 0.717) is 0 Å². The van der Waals surface area contributed by atoms with Crippen LogP contribution in [0.3, 0.4) is 0 Å². The van der Waals surface area contributed by atoms with E-state index in [0.717, 1.165) is 17.9 Å². The van der Waals surface area contributed by atoms with E-state index in [1.807, 2.05) is 0 Å². The van der Waals surface area contributed by atoms with Gasteiger partial charge in [-0.05, 0) is 44.1 Å². The summed E-state index contributed by atoms with van der Waals surface area (Å²) in [5.41, 5.74) is 0. The largest absolute Gasteiger partial charge is 0.300 e. The maximum absolute atomic E-state index is 2.82. The highest BCUT2D eigenvalue weighted by molar-refractivity contribution is 4.87. The standard InChI is InChI=1S/C14H27N/c1-3-12(2)11-15-10-6-8-13-7-4-5-9-14(13)15/h12-14H,3-11H2,1-2H3/t12?,13?,14-/m0/s1. The molecule has 1 saturated heterocycles.